The first-order valence-corrected chi connectivity index (χ1v) is 11.2. The Morgan fingerprint density at radius 3 is 2.52 bits per heavy atom. The molecule has 164 valence electrons. The van der Waals surface area contributed by atoms with Crippen LogP contribution in [0.1, 0.15) is 15.9 Å². The van der Waals surface area contributed by atoms with Crippen LogP contribution in [0.25, 0.3) is 6.08 Å². The summed E-state index contributed by atoms with van der Waals surface area (Å²) in [5.41, 5.74) is 0.847. The number of hydrogen-bond acceptors (Lipinski definition) is 9. The number of thioether (sulfide) groups is 1. The minimum absolute atomic E-state index is 0.0888. The Morgan fingerprint density at radius 1 is 1.18 bits per heavy atom. The minimum atomic E-state index is -1.08. The smallest absolute Gasteiger partial charge is 0.335 e. The lowest BCUT2D eigenvalue weighted by atomic mass is 10.1. The molecule has 0 atom stereocenters. The second-order valence-electron chi connectivity index (χ2n) is 6.49. The van der Waals surface area contributed by atoms with E-state index in [9.17, 15) is 19.7 Å². The number of benzene rings is 2. The summed E-state index contributed by atoms with van der Waals surface area (Å²) in [4.78, 5) is 45.2. The third kappa shape index (κ3) is 4.92. The van der Waals surface area contributed by atoms with E-state index in [1.165, 1.54) is 41.3 Å². The molecule has 33 heavy (non-hydrogen) atoms. The van der Waals surface area contributed by atoms with Crippen LogP contribution < -0.4 is 4.90 Å². The monoisotopic (exact) mass is 496 g/mol. The Kier molecular flexibility index (Phi) is 6.49. The van der Waals surface area contributed by atoms with Gasteiger partial charge < -0.3 is 5.11 Å². The second-order valence-corrected chi connectivity index (χ2v) is 9.17. The average molecular weight is 497 g/mol. The number of aromatic nitrogens is 2. The van der Waals surface area contributed by atoms with Crippen LogP contribution in [0.4, 0.5) is 11.4 Å². The number of nitro groups is 1. The van der Waals surface area contributed by atoms with Crippen LogP contribution in [0.2, 0.25) is 0 Å². The normalized spacial score (nSPS) is 14.7. The van der Waals surface area contributed by atoms with Crippen molar-refractivity contribution in [3.05, 3.63) is 87.1 Å². The van der Waals surface area contributed by atoms with Gasteiger partial charge >= 0.3 is 5.97 Å². The van der Waals surface area contributed by atoms with E-state index in [1.54, 1.807) is 30.6 Å². The lowest BCUT2D eigenvalue weighted by Gasteiger charge is -2.14. The van der Waals surface area contributed by atoms with Crippen molar-refractivity contribution in [2.75, 3.05) is 4.90 Å². The van der Waals surface area contributed by atoms with Crippen LogP contribution in [0.15, 0.2) is 75.9 Å². The average Bonchev–Trinajstić information content (AvgIpc) is 3.08. The standard InChI is InChI=1S/C21H12N4O5S3/c26-18-17(33-21(31)24(18)14-5-3-13(4-6-14)19(27)28)11-12-2-7-16(15(10-12)25(29)30)32-20-22-8-1-9-23-20/h1-11H,(H,27,28). The summed E-state index contributed by atoms with van der Waals surface area (Å²) in [6, 6.07) is 12.0. The molecular formula is C21H12N4O5S3. The van der Waals surface area contributed by atoms with Gasteiger partial charge in [-0.2, -0.15) is 0 Å². The number of aromatic carboxylic acids is 1. The first kappa shape index (κ1) is 22.6. The molecule has 12 heteroatoms. The van der Waals surface area contributed by atoms with Crippen molar-refractivity contribution in [2.24, 2.45) is 0 Å². The molecule has 4 rings (SSSR count). The van der Waals surface area contributed by atoms with E-state index in [4.69, 9.17) is 17.3 Å². The first-order valence-electron chi connectivity index (χ1n) is 9.18. The molecule has 0 unspecified atom stereocenters. The van der Waals surface area contributed by atoms with Crippen molar-refractivity contribution in [1.82, 2.24) is 9.97 Å². The van der Waals surface area contributed by atoms with E-state index in [0.29, 0.717) is 26.2 Å². The summed E-state index contributed by atoms with van der Waals surface area (Å²) in [7, 11) is 0. The van der Waals surface area contributed by atoms with E-state index < -0.39 is 16.8 Å². The van der Waals surface area contributed by atoms with Crippen LogP contribution in [0.5, 0.6) is 0 Å². The predicted molar refractivity (Wildman–Crippen MR) is 128 cm³/mol. The summed E-state index contributed by atoms with van der Waals surface area (Å²) < 4.78 is 0.275. The minimum Gasteiger partial charge on any atom is -0.478 e. The molecule has 1 aliphatic heterocycles. The van der Waals surface area contributed by atoms with Gasteiger partial charge in [0.05, 0.1) is 26.0 Å². The van der Waals surface area contributed by atoms with Crippen molar-refractivity contribution in [3.8, 4) is 0 Å². The van der Waals surface area contributed by atoms with Crippen LogP contribution in [0.3, 0.4) is 0 Å². The Labute approximate surface area is 200 Å². The number of nitrogens with zero attached hydrogens (tertiary/aromatic N) is 4. The molecule has 0 saturated carbocycles. The summed E-state index contributed by atoms with van der Waals surface area (Å²) >= 11 is 7.45. The van der Waals surface area contributed by atoms with E-state index >= 15 is 0 Å². The summed E-state index contributed by atoms with van der Waals surface area (Å²) in [6.45, 7) is 0. The van der Waals surface area contributed by atoms with E-state index in [2.05, 4.69) is 9.97 Å². The molecule has 0 bridgehead atoms. The van der Waals surface area contributed by atoms with Gasteiger partial charge in [-0.1, -0.05) is 30.0 Å². The molecule has 1 N–H and O–H groups in total. The van der Waals surface area contributed by atoms with E-state index in [-0.39, 0.29) is 15.6 Å². The highest BCUT2D eigenvalue weighted by molar-refractivity contribution is 8.27. The molecule has 1 aliphatic rings. The Bertz CT molecular complexity index is 1310. The molecule has 1 fully saturated rings. The lowest BCUT2D eigenvalue weighted by molar-refractivity contribution is -0.387. The molecule has 2 aromatic carbocycles. The largest absolute Gasteiger partial charge is 0.478 e. The van der Waals surface area contributed by atoms with Crippen molar-refractivity contribution in [1.29, 1.82) is 0 Å². The van der Waals surface area contributed by atoms with Gasteiger partial charge in [0.1, 0.15) is 0 Å². The third-order valence-electron chi connectivity index (χ3n) is 4.39. The molecule has 0 radical (unpaired) electrons. The van der Waals surface area contributed by atoms with Gasteiger partial charge in [-0.3, -0.25) is 19.8 Å². The fourth-order valence-corrected chi connectivity index (χ4v) is 4.98. The number of hydrogen-bond donors (Lipinski definition) is 1. The highest BCUT2D eigenvalue weighted by Gasteiger charge is 2.33. The van der Waals surface area contributed by atoms with Crippen LogP contribution in [0, 0.1) is 10.1 Å². The number of rotatable bonds is 6. The maximum Gasteiger partial charge on any atom is 0.335 e. The Hall–Kier alpha value is -3.61. The Morgan fingerprint density at radius 2 is 1.88 bits per heavy atom. The number of anilines is 1. The van der Waals surface area contributed by atoms with E-state index in [0.717, 1.165) is 23.5 Å². The highest BCUT2D eigenvalue weighted by Crippen LogP contribution is 2.38. The van der Waals surface area contributed by atoms with E-state index in [1.807, 2.05) is 0 Å². The number of carboxylic acid groups (broad SMARTS) is 1. The number of thiocarbonyl (C=S) groups is 1. The van der Waals surface area contributed by atoms with Crippen LogP contribution in [-0.4, -0.2) is 36.2 Å². The fraction of sp³-hybridized carbons (Fsp3) is 0. The number of nitro benzene ring substituents is 1. The van der Waals surface area contributed by atoms with Crippen molar-refractivity contribution in [3.63, 3.8) is 0 Å². The molecule has 1 saturated heterocycles. The van der Waals surface area contributed by atoms with Gasteiger partial charge in [0.25, 0.3) is 11.6 Å². The molecule has 3 aromatic rings. The number of carbonyl (C=O) groups excluding carboxylic acids is 1. The molecular weight excluding hydrogens is 484 g/mol. The van der Waals surface area contributed by atoms with Crippen molar-refractivity contribution in [2.45, 2.75) is 10.1 Å². The lowest BCUT2D eigenvalue weighted by Crippen LogP contribution is -2.27. The zero-order valence-electron chi connectivity index (χ0n) is 16.4. The number of carbonyl (C=O) groups is 2. The van der Waals surface area contributed by atoms with Gasteiger partial charge in [0.15, 0.2) is 9.48 Å². The van der Waals surface area contributed by atoms with Gasteiger partial charge in [-0.05, 0) is 59.8 Å². The van der Waals surface area contributed by atoms with Crippen LogP contribution in [-0.2, 0) is 4.79 Å². The van der Waals surface area contributed by atoms with Crippen molar-refractivity contribution >= 4 is 69.4 Å². The molecule has 0 spiro atoms. The maximum atomic E-state index is 12.9. The number of carboxylic acids is 1. The first-order chi connectivity index (χ1) is 15.8. The third-order valence-corrected chi connectivity index (χ3v) is 6.65. The molecule has 2 heterocycles. The summed E-state index contributed by atoms with van der Waals surface area (Å²) in [6.07, 6.45) is 4.63. The Balaban J connectivity index is 1.61. The van der Waals surface area contributed by atoms with Gasteiger partial charge in [-0.15, -0.1) is 0 Å². The predicted octanol–water partition coefficient (Wildman–Crippen LogP) is 4.64. The van der Waals surface area contributed by atoms with Crippen molar-refractivity contribution < 1.29 is 19.6 Å². The SMILES string of the molecule is O=C(O)c1ccc(N2C(=O)C(=Cc3ccc(Sc4ncccn4)c([N+](=O)[O-])c3)SC2=S)cc1. The summed E-state index contributed by atoms with van der Waals surface area (Å²) in [5, 5.41) is 21.0. The topological polar surface area (TPSA) is 127 Å². The molecule has 0 aliphatic carbocycles. The summed E-state index contributed by atoms with van der Waals surface area (Å²) in [5.74, 6) is -1.47. The zero-order chi connectivity index (χ0) is 23.5. The van der Waals surface area contributed by atoms with Gasteiger partial charge in [-0.25, -0.2) is 14.8 Å². The van der Waals surface area contributed by atoms with Gasteiger partial charge in [0, 0.05) is 18.5 Å². The van der Waals surface area contributed by atoms with Crippen LogP contribution >= 0.6 is 35.7 Å². The quantitative estimate of drug-likeness (QED) is 0.169. The number of amides is 1. The maximum absolute atomic E-state index is 12.9. The fourth-order valence-electron chi connectivity index (χ4n) is 2.88. The zero-order valence-corrected chi connectivity index (χ0v) is 18.9. The highest BCUT2D eigenvalue weighted by atomic mass is 32.2. The molecule has 1 aromatic heterocycles. The molecule has 9 nitrogen and oxygen atoms in total. The second kappa shape index (κ2) is 9.48. The van der Waals surface area contributed by atoms with Gasteiger partial charge in [0.2, 0.25) is 0 Å². The molecule has 1 amide bonds.